The largest absolute Gasteiger partial charge is 0.340 e. The zero-order valence-corrected chi connectivity index (χ0v) is 5.12. The fourth-order valence-electron chi connectivity index (χ4n) is 0.140. The Labute approximate surface area is 47.8 Å². The number of alkyl halides is 1. The summed E-state index contributed by atoms with van der Waals surface area (Å²) in [5.41, 5.74) is 0. The van der Waals surface area contributed by atoms with E-state index in [0.29, 0.717) is 6.41 Å². The molecule has 0 rings (SSSR count). The van der Waals surface area contributed by atoms with Crippen LogP contribution in [0.25, 0.3) is 0 Å². The van der Waals surface area contributed by atoms with E-state index in [4.69, 9.17) is 11.6 Å². The Morgan fingerprint density at radius 2 is 2.14 bits per heavy atom. The highest BCUT2D eigenvalue weighted by molar-refractivity contribution is 6.23. The molecule has 0 saturated heterocycles. The molecule has 0 aromatic rings. The van der Waals surface area contributed by atoms with Crippen molar-refractivity contribution in [2.45, 2.75) is 18.8 Å². The number of nitrogens with one attached hydrogen (secondary N) is 1. The van der Waals surface area contributed by atoms with E-state index in [1.165, 1.54) is 0 Å². The van der Waals surface area contributed by atoms with Crippen LogP contribution >= 0.6 is 11.6 Å². The molecule has 3 heteroatoms. The topological polar surface area (TPSA) is 29.1 Å². The zero-order chi connectivity index (χ0) is 5.91. The molecule has 0 spiro atoms. The molecule has 0 radical (unpaired) electrons. The Bertz CT molecular complexity index is 66.6. The number of rotatable bonds is 2. The Morgan fingerprint density at radius 3 is 2.14 bits per heavy atom. The summed E-state index contributed by atoms with van der Waals surface area (Å²) in [6.07, 6.45) is 0.576. The van der Waals surface area contributed by atoms with Gasteiger partial charge in [0.05, 0.1) is 0 Å². The lowest BCUT2D eigenvalue weighted by molar-refractivity contribution is -0.110. The van der Waals surface area contributed by atoms with Gasteiger partial charge in [-0.1, -0.05) is 11.6 Å². The average molecular weight is 122 g/mol. The third kappa shape index (κ3) is 5.76. The molecule has 0 aromatic heterocycles. The maximum absolute atomic E-state index is 9.62. The highest BCUT2D eigenvalue weighted by Gasteiger charge is 2.08. The van der Waals surface area contributed by atoms with Gasteiger partial charge in [-0.15, -0.1) is 0 Å². The third-order valence-corrected chi connectivity index (χ3v) is 0.511. The summed E-state index contributed by atoms with van der Waals surface area (Å²) in [7, 11) is 0. The number of carbonyl (C=O) groups excluding carboxylic acids is 1. The molecule has 0 heterocycles. The lowest BCUT2D eigenvalue weighted by Gasteiger charge is -2.12. The van der Waals surface area contributed by atoms with Crippen molar-refractivity contribution < 1.29 is 4.79 Å². The molecule has 0 unspecified atom stereocenters. The normalized spacial score (nSPS) is 10.7. The van der Waals surface area contributed by atoms with Crippen molar-refractivity contribution in [2.24, 2.45) is 0 Å². The highest BCUT2D eigenvalue weighted by Crippen LogP contribution is 2.04. The second-order valence-electron chi connectivity index (χ2n) is 1.73. The van der Waals surface area contributed by atoms with E-state index in [0.717, 1.165) is 0 Å². The van der Waals surface area contributed by atoms with Crippen molar-refractivity contribution in [3.8, 4) is 0 Å². The third-order valence-electron chi connectivity index (χ3n) is 0.402. The Hall–Kier alpha value is -0.240. The minimum atomic E-state index is -0.595. The summed E-state index contributed by atoms with van der Waals surface area (Å²) < 4.78 is 0. The van der Waals surface area contributed by atoms with Crippen LogP contribution < -0.4 is 5.32 Å². The van der Waals surface area contributed by atoms with E-state index in [2.05, 4.69) is 5.32 Å². The van der Waals surface area contributed by atoms with Crippen molar-refractivity contribution in [3.63, 3.8) is 0 Å². The van der Waals surface area contributed by atoms with Gasteiger partial charge in [-0.3, -0.25) is 4.79 Å². The van der Waals surface area contributed by atoms with Crippen molar-refractivity contribution >= 4 is 18.0 Å². The first-order valence-electron chi connectivity index (χ1n) is 1.96. The van der Waals surface area contributed by atoms with Crippen LogP contribution in [0.2, 0.25) is 0 Å². The standard InChI is InChI=1S/C4H8ClNO/c1-4(2,5)6-3-7/h3H,1-2H3,(H,6,7). The predicted molar refractivity (Wildman–Crippen MR) is 29.1 cm³/mol. The van der Waals surface area contributed by atoms with E-state index >= 15 is 0 Å². The summed E-state index contributed by atoms with van der Waals surface area (Å²) in [6, 6.07) is 0. The Balaban J connectivity index is 3.34. The Morgan fingerprint density at radius 1 is 1.71 bits per heavy atom. The second kappa shape index (κ2) is 2.17. The van der Waals surface area contributed by atoms with Gasteiger partial charge in [-0.05, 0) is 13.8 Å². The second-order valence-corrected chi connectivity index (χ2v) is 2.68. The van der Waals surface area contributed by atoms with Gasteiger partial charge in [0, 0.05) is 0 Å². The van der Waals surface area contributed by atoms with Crippen LogP contribution in [0.3, 0.4) is 0 Å². The van der Waals surface area contributed by atoms with E-state index in [9.17, 15) is 4.79 Å². The lowest BCUT2D eigenvalue weighted by Crippen LogP contribution is -2.31. The summed E-state index contributed by atoms with van der Waals surface area (Å²) in [5, 5.41) is 2.37. The number of hydrogen-bond donors (Lipinski definition) is 1. The van der Waals surface area contributed by atoms with Gasteiger partial charge in [-0.25, -0.2) is 0 Å². The van der Waals surface area contributed by atoms with Crippen LogP contribution in [0.15, 0.2) is 0 Å². The van der Waals surface area contributed by atoms with E-state index in [-0.39, 0.29) is 0 Å². The van der Waals surface area contributed by atoms with Crippen LogP contribution in [0.5, 0.6) is 0 Å². The first kappa shape index (κ1) is 6.76. The van der Waals surface area contributed by atoms with Crippen molar-refractivity contribution in [2.75, 3.05) is 0 Å². The first-order valence-corrected chi connectivity index (χ1v) is 2.34. The number of amides is 1. The van der Waals surface area contributed by atoms with Gasteiger partial charge < -0.3 is 5.32 Å². The molecule has 2 nitrogen and oxygen atoms in total. The maximum atomic E-state index is 9.62. The fraction of sp³-hybridized carbons (Fsp3) is 0.750. The van der Waals surface area contributed by atoms with Gasteiger partial charge in [0.2, 0.25) is 6.41 Å². The SMILES string of the molecule is CC(C)(Cl)NC=O. The molecule has 0 saturated carbocycles. The van der Waals surface area contributed by atoms with Crippen molar-refractivity contribution in [1.82, 2.24) is 5.32 Å². The van der Waals surface area contributed by atoms with Crippen LogP contribution in [-0.4, -0.2) is 11.4 Å². The maximum Gasteiger partial charge on any atom is 0.208 e. The molecular formula is C4H8ClNO. The Kier molecular flexibility index (Phi) is 2.09. The summed E-state index contributed by atoms with van der Waals surface area (Å²) in [4.78, 5) is 9.03. The van der Waals surface area contributed by atoms with Crippen LogP contribution in [0.1, 0.15) is 13.8 Å². The lowest BCUT2D eigenvalue weighted by atomic mass is 10.4. The number of carbonyl (C=O) groups is 1. The van der Waals surface area contributed by atoms with E-state index in [1.807, 2.05) is 0 Å². The van der Waals surface area contributed by atoms with Crippen molar-refractivity contribution in [1.29, 1.82) is 0 Å². The van der Waals surface area contributed by atoms with Crippen molar-refractivity contribution in [3.05, 3.63) is 0 Å². The van der Waals surface area contributed by atoms with Gasteiger partial charge in [0.1, 0.15) is 5.00 Å². The van der Waals surface area contributed by atoms with Crippen LogP contribution in [-0.2, 0) is 4.79 Å². The molecule has 0 aliphatic heterocycles. The summed E-state index contributed by atoms with van der Waals surface area (Å²) >= 11 is 5.49. The molecule has 1 N–H and O–H groups in total. The monoisotopic (exact) mass is 121 g/mol. The minimum absolute atomic E-state index is 0.576. The van der Waals surface area contributed by atoms with Crippen LogP contribution in [0.4, 0.5) is 0 Å². The predicted octanol–water partition coefficient (Wildman–Crippen LogP) is 0.707. The average Bonchev–Trinajstić information content (AvgIpc) is 1.30. The summed E-state index contributed by atoms with van der Waals surface area (Å²) in [6.45, 7) is 3.39. The summed E-state index contributed by atoms with van der Waals surface area (Å²) in [5.74, 6) is 0. The minimum Gasteiger partial charge on any atom is -0.340 e. The fourth-order valence-corrected chi connectivity index (χ4v) is 0.185. The zero-order valence-electron chi connectivity index (χ0n) is 4.36. The van der Waals surface area contributed by atoms with Gasteiger partial charge >= 0.3 is 0 Å². The quantitative estimate of drug-likeness (QED) is 0.325. The van der Waals surface area contributed by atoms with Gasteiger partial charge in [0.25, 0.3) is 0 Å². The van der Waals surface area contributed by atoms with E-state index in [1.54, 1.807) is 13.8 Å². The van der Waals surface area contributed by atoms with Gasteiger partial charge in [-0.2, -0.15) is 0 Å². The van der Waals surface area contributed by atoms with E-state index < -0.39 is 5.00 Å². The molecule has 0 bridgehead atoms. The molecule has 0 aliphatic carbocycles. The molecular weight excluding hydrogens is 114 g/mol. The molecule has 0 fully saturated rings. The number of halogens is 1. The molecule has 7 heavy (non-hydrogen) atoms. The van der Waals surface area contributed by atoms with Crippen LogP contribution in [0, 0.1) is 0 Å². The molecule has 42 valence electrons. The highest BCUT2D eigenvalue weighted by atomic mass is 35.5. The molecule has 0 atom stereocenters. The van der Waals surface area contributed by atoms with Gasteiger partial charge in [0.15, 0.2) is 0 Å². The smallest absolute Gasteiger partial charge is 0.208 e. The molecule has 1 amide bonds. The first-order chi connectivity index (χ1) is 3.06. The molecule has 0 aliphatic rings. The number of hydrogen-bond acceptors (Lipinski definition) is 1. The molecule has 0 aromatic carbocycles.